The highest BCUT2D eigenvalue weighted by Crippen LogP contribution is 2.25. The van der Waals surface area contributed by atoms with Crippen LogP contribution in [0.5, 0.6) is 5.75 Å². The third-order valence-corrected chi connectivity index (χ3v) is 3.98. The van der Waals surface area contributed by atoms with Crippen molar-refractivity contribution in [2.75, 3.05) is 32.8 Å². The molecule has 117 valence electrons. The zero-order valence-electron chi connectivity index (χ0n) is 13.3. The number of hydrogen-bond donors (Lipinski definition) is 0. The van der Waals surface area contributed by atoms with E-state index in [0.717, 1.165) is 62.2 Å². The maximum Gasteiger partial charge on any atom is 0.148 e. The number of pyridine rings is 1. The summed E-state index contributed by atoms with van der Waals surface area (Å²) in [7, 11) is 0. The first kappa shape index (κ1) is 15.3. The lowest BCUT2D eigenvalue weighted by Gasteiger charge is -2.29. The van der Waals surface area contributed by atoms with Crippen molar-refractivity contribution in [2.45, 2.75) is 20.3 Å². The van der Waals surface area contributed by atoms with E-state index in [1.165, 1.54) is 5.57 Å². The molecule has 4 nitrogen and oxygen atoms in total. The molecule has 22 heavy (non-hydrogen) atoms. The average Bonchev–Trinajstić information content (AvgIpc) is 2.53. The van der Waals surface area contributed by atoms with E-state index in [4.69, 9.17) is 9.47 Å². The topological polar surface area (TPSA) is 34.6 Å². The molecule has 0 spiro atoms. The fourth-order valence-corrected chi connectivity index (χ4v) is 2.74. The normalized spacial score (nSPS) is 19.5. The van der Waals surface area contributed by atoms with Gasteiger partial charge in [0.1, 0.15) is 11.5 Å². The van der Waals surface area contributed by atoms with Gasteiger partial charge in [-0.3, -0.25) is 9.88 Å². The molecule has 1 fully saturated rings. The summed E-state index contributed by atoms with van der Waals surface area (Å²) < 4.78 is 11.6. The predicted molar refractivity (Wildman–Crippen MR) is 86.7 cm³/mol. The van der Waals surface area contributed by atoms with Crippen LogP contribution >= 0.6 is 0 Å². The number of ether oxygens (including phenoxy) is 2. The zero-order valence-corrected chi connectivity index (χ0v) is 13.3. The summed E-state index contributed by atoms with van der Waals surface area (Å²) in [6.07, 6.45) is 7.43. The number of rotatable bonds is 4. The number of aryl methyl sites for hydroxylation is 2. The zero-order chi connectivity index (χ0) is 15.4. The molecule has 1 aromatic heterocycles. The molecule has 4 heteroatoms. The maximum atomic E-state index is 6.14. The van der Waals surface area contributed by atoms with Gasteiger partial charge in [0.15, 0.2) is 0 Å². The largest absolute Gasteiger partial charge is 0.455 e. The molecule has 1 aromatic rings. The van der Waals surface area contributed by atoms with Gasteiger partial charge in [-0.1, -0.05) is 6.08 Å². The van der Waals surface area contributed by atoms with Crippen LogP contribution in [0.4, 0.5) is 0 Å². The van der Waals surface area contributed by atoms with Gasteiger partial charge in [0, 0.05) is 30.9 Å². The van der Waals surface area contributed by atoms with Crippen LogP contribution in [0.15, 0.2) is 35.6 Å². The van der Waals surface area contributed by atoms with Crippen LogP contribution in [0.1, 0.15) is 17.8 Å². The Kier molecular flexibility index (Phi) is 4.90. The fourth-order valence-electron chi connectivity index (χ4n) is 2.74. The van der Waals surface area contributed by atoms with E-state index in [2.05, 4.69) is 28.5 Å². The van der Waals surface area contributed by atoms with Crippen LogP contribution in [-0.2, 0) is 4.74 Å². The highest BCUT2D eigenvalue weighted by Gasteiger charge is 2.18. The van der Waals surface area contributed by atoms with Gasteiger partial charge in [-0.15, -0.1) is 0 Å². The predicted octanol–water partition coefficient (Wildman–Crippen LogP) is 2.83. The van der Waals surface area contributed by atoms with Crippen LogP contribution in [-0.4, -0.2) is 42.7 Å². The smallest absolute Gasteiger partial charge is 0.148 e. The van der Waals surface area contributed by atoms with Crippen molar-refractivity contribution >= 4 is 0 Å². The molecule has 3 rings (SSSR count). The summed E-state index contributed by atoms with van der Waals surface area (Å²) >= 11 is 0. The van der Waals surface area contributed by atoms with E-state index in [-0.39, 0.29) is 0 Å². The van der Waals surface area contributed by atoms with Crippen molar-refractivity contribution in [2.24, 2.45) is 0 Å². The lowest BCUT2D eigenvalue weighted by molar-refractivity contribution is 0.0420. The number of hydrogen-bond acceptors (Lipinski definition) is 4. The van der Waals surface area contributed by atoms with Gasteiger partial charge in [0.2, 0.25) is 0 Å². The standard InChI is InChI=1S/C18H23N2O2/c1-14-7-8-17(15(2)19-14)22-18-6-4-3-5-16(18)13-20-9-11-21-12-10-20/h4-8H,3,9-13H2,1-2H3. The summed E-state index contributed by atoms with van der Waals surface area (Å²) in [6, 6.07) is 3.99. The first-order valence-corrected chi connectivity index (χ1v) is 7.87. The van der Waals surface area contributed by atoms with E-state index < -0.39 is 0 Å². The van der Waals surface area contributed by atoms with E-state index in [0.29, 0.717) is 0 Å². The minimum atomic E-state index is 0.820. The van der Waals surface area contributed by atoms with Crippen molar-refractivity contribution in [1.29, 1.82) is 0 Å². The highest BCUT2D eigenvalue weighted by molar-refractivity contribution is 5.39. The second-order valence-corrected chi connectivity index (χ2v) is 5.76. The Hall–Kier alpha value is -1.65. The summed E-state index contributed by atoms with van der Waals surface area (Å²) in [6.45, 7) is 8.51. The SMILES string of the molecule is Cc1ccc(OC2=C[CH]CC=C2CN2CCOCC2)c(C)n1. The number of nitrogens with zero attached hydrogens (tertiary/aromatic N) is 2. The Bertz CT molecular complexity index is 587. The summed E-state index contributed by atoms with van der Waals surface area (Å²) in [5.41, 5.74) is 3.19. The highest BCUT2D eigenvalue weighted by atomic mass is 16.5. The van der Waals surface area contributed by atoms with Crippen molar-refractivity contribution < 1.29 is 9.47 Å². The summed E-state index contributed by atoms with van der Waals surface area (Å²) in [4.78, 5) is 6.89. The second-order valence-electron chi connectivity index (χ2n) is 5.76. The molecular weight excluding hydrogens is 276 g/mol. The van der Waals surface area contributed by atoms with Gasteiger partial charge in [-0.05, 0) is 44.9 Å². The van der Waals surface area contributed by atoms with Crippen molar-refractivity contribution in [1.82, 2.24) is 9.88 Å². The Morgan fingerprint density at radius 3 is 2.82 bits per heavy atom. The quantitative estimate of drug-likeness (QED) is 0.856. The van der Waals surface area contributed by atoms with Crippen LogP contribution < -0.4 is 4.74 Å². The number of allylic oxidation sites excluding steroid dienone is 2. The van der Waals surface area contributed by atoms with Crippen LogP contribution in [0, 0.1) is 20.3 Å². The van der Waals surface area contributed by atoms with Gasteiger partial charge in [0.25, 0.3) is 0 Å². The molecular formula is C18H23N2O2. The monoisotopic (exact) mass is 299 g/mol. The minimum absolute atomic E-state index is 0.820. The van der Waals surface area contributed by atoms with E-state index in [1.54, 1.807) is 0 Å². The van der Waals surface area contributed by atoms with Gasteiger partial charge in [-0.25, -0.2) is 0 Å². The Labute approximate surface area is 132 Å². The molecule has 1 aliphatic heterocycles. The molecule has 1 aliphatic carbocycles. The lowest BCUT2D eigenvalue weighted by Crippen LogP contribution is -2.38. The van der Waals surface area contributed by atoms with Gasteiger partial charge < -0.3 is 9.47 Å². The van der Waals surface area contributed by atoms with Crippen molar-refractivity contribution in [3.8, 4) is 5.75 Å². The third kappa shape index (κ3) is 3.76. The molecule has 0 saturated carbocycles. The summed E-state index contributed by atoms with van der Waals surface area (Å²) in [5.74, 6) is 1.77. The van der Waals surface area contributed by atoms with Crippen LogP contribution in [0.2, 0.25) is 0 Å². The molecule has 1 radical (unpaired) electrons. The minimum Gasteiger partial charge on any atom is -0.455 e. The molecule has 2 heterocycles. The van der Waals surface area contributed by atoms with Gasteiger partial charge in [0.05, 0.1) is 18.9 Å². The van der Waals surface area contributed by atoms with E-state index in [1.807, 2.05) is 26.0 Å². The molecule has 1 saturated heterocycles. The van der Waals surface area contributed by atoms with Crippen LogP contribution in [0.25, 0.3) is 0 Å². The molecule has 0 unspecified atom stereocenters. The first-order valence-electron chi connectivity index (χ1n) is 7.87. The molecule has 2 aliphatic rings. The average molecular weight is 299 g/mol. The Morgan fingerprint density at radius 1 is 1.23 bits per heavy atom. The molecule has 0 bridgehead atoms. The second kappa shape index (κ2) is 7.07. The van der Waals surface area contributed by atoms with Gasteiger partial charge in [-0.2, -0.15) is 0 Å². The maximum absolute atomic E-state index is 6.14. The van der Waals surface area contributed by atoms with E-state index in [9.17, 15) is 0 Å². The van der Waals surface area contributed by atoms with Gasteiger partial charge >= 0.3 is 0 Å². The molecule has 0 amide bonds. The Morgan fingerprint density at radius 2 is 2.05 bits per heavy atom. The number of aromatic nitrogens is 1. The lowest BCUT2D eigenvalue weighted by atomic mass is 10.0. The fraction of sp³-hybridized carbons (Fsp3) is 0.444. The molecule has 0 N–H and O–H groups in total. The summed E-state index contributed by atoms with van der Waals surface area (Å²) in [5, 5.41) is 0. The van der Waals surface area contributed by atoms with Crippen molar-refractivity contribution in [3.63, 3.8) is 0 Å². The number of morpholine rings is 1. The molecule has 0 aromatic carbocycles. The Balaban J connectivity index is 1.70. The molecule has 0 atom stereocenters. The van der Waals surface area contributed by atoms with Crippen molar-refractivity contribution in [3.05, 3.63) is 53.4 Å². The first-order chi connectivity index (χ1) is 10.7. The third-order valence-electron chi connectivity index (χ3n) is 3.98. The van der Waals surface area contributed by atoms with Crippen LogP contribution in [0.3, 0.4) is 0 Å². The van der Waals surface area contributed by atoms with E-state index >= 15 is 0 Å².